The van der Waals surface area contributed by atoms with Crippen molar-refractivity contribution in [2.45, 2.75) is 0 Å². The highest BCUT2D eigenvalue weighted by atomic mass is 19.1. The SMILES string of the molecule is O=C(O)c1ccc(Nc2ccccc2F)nc1-c1ccc(F)cc1F. The molecule has 1 heterocycles. The Morgan fingerprint density at radius 3 is 2.40 bits per heavy atom. The van der Waals surface area contributed by atoms with E-state index in [0.717, 1.165) is 12.1 Å². The number of aromatic carboxylic acids is 1. The molecule has 0 fully saturated rings. The van der Waals surface area contributed by atoms with E-state index >= 15 is 0 Å². The normalized spacial score (nSPS) is 10.5. The van der Waals surface area contributed by atoms with Crippen LogP contribution < -0.4 is 5.32 Å². The molecule has 0 amide bonds. The zero-order valence-electron chi connectivity index (χ0n) is 12.6. The van der Waals surface area contributed by atoms with Gasteiger partial charge in [0.1, 0.15) is 23.3 Å². The van der Waals surface area contributed by atoms with Crippen LogP contribution in [-0.4, -0.2) is 16.1 Å². The molecule has 0 bridgehead atoms. The summed E-state index contributed by atoms with van der Waals surface area (Å²) in [4.78, 5) is 15.5. The van der Waals surface area contributed by atoms with Crippen molar-refractivity contribution >= 4 is 17.5 Å². The molecule has 2 N–H and O–H groups in total. The summed E-state index contributed by atoms with van der Waals surface area (Å²) in [7, 11) is 0. The van der Waals surface area contributed by atoms with Crippen molar-refractivity contribution in [1.29, 1.82) is 0 Å². The summed E-state index contributed by atoms with van der Waals surface area (Å²) < 4.78 is 40.9. The number of nitrogens with one attached hydrogen (secondary N) is 1. The summed E-state index contributed by atoms with van der Waals surface area (Å²) in [5, 5.41) is 12.0. The summed E-state index contributed by atoms with van der Waals surface area (Å²) in [6.45, 7) is 0. The zero-order chi connectivity index (χ0) is 18.0. The Balaban J connectivity index is 2.09. The van der Waals surface area contributed by atoms with E-state index in [1.807, 2.05) is 0 Å². The third kappa shape index (κ3) is 3.45. The van der Waals surface area contributed by atoms with Crippen LogP contribution in [0, 0.1) is 17.5 Å². The number of aromatic nitrogens is 1. The van der Waals surface area contributed by atoms with E-state index in [2.05, 4.69) is 10.3 Å². The number of benzene rings is 2. The van der Waals surface area contributed by atoms with Crippen molar-refractivity contribution in [2.24, 2.45) is 0 Å². The van der Waals surface area contributed by atoms with Crippen molar-refractivity contribution in [1.82, 2.24) is 4.98 Å². The van der Waals surface area contributed by atoms with Gasteiger partial charge < -0.3 is 10.4 Å². The molecule has 3 rings (SSSR count). The van der Waals surface area contributed by atoms with Gasteiger partial charge in [0, 0.05) is 11.6 Å². The van der Waals surface area contributed by atoms with Crippen molar-refractivity contribution < 1.29 is 23.1 Å². The van der Waals surface area contributed by atoms with Gasteiger partial charge in [0.2, 0.25) is 0 Å². The average Bonchev–Trinajstić information content (AvgIpc) is 2.57. The zero-order valence-corrected chi connectivity index (χ0v) is 12.6. The van der Waals surface area contributed by atoms with Gasteiger partial charge in [-0.05, 0) is 36.4 Å². The topological polar surface area (TPSA) is 62.2 Å². The largest absolute Gasteiger partial charge is 0.478 e. The lowest BCUT2D eigenvalue weighted by Gasteiger charge is -2.11. The van der Waals surface area contributed by atoms with Gasteiger partial charge in [-0.3, -0.25) is 0 Å². The standard InChI is InChI=1S/C18H11F3N2O2/c19-10-5-6-11(14(21)9-10)17-12(18(24)25)7-8-16(23-17)22-15-4-2-1-3-13(15)20/h1-9H,(H,22,23)(H,24,25). The molecule has 0 aliphatic carbocycles. The molecule has 0 aliphatic rings. The second kappa shape index (κ2) is 6.64. The van der Waals surface area contributed by atoms with Crippen LogP contribution in [0.15, 0.2) is 54.6 Å². The average molecular weight is 344 g/mol. The molecule has 0 saturated carbocycles. The molecule has 0 unspecified atom stereocenters. The number of carboxylic acid groups (broad SMARTS) is 1. The molecule has 0 aliphatic heterocycles. The minimum atomic E-state index is -1.32. The molecule has 25 heavy (non-hydrogen) atoms. The Morgan fingerprint density at radius 1 is 0.960 bits per heavy atom. The number of anilines is 2. The molecule has 0 atom stereocenters. The van der Waals surface area contributed by atoms with Gasteiger partial charge in [-0.15, -0.1) is 0 Å². The van der Waals surface area contributed by atoms with Gasteiger partial charge in [0.15, 0.2) is 0 Å². The van der Waals surface area contributed by atoms with E-state index < -0.39 is 23.4 Å². The maximum Gasteiger partial charge on any atom is 0.337 e. The van der Waals surface area contributed by atoms with E-state index in [-0.39, 0.29) is 28.3 Å². The summed E-state index contributed by atoms with van der Waals surface area (Å²) >= 11 is 0. The van der Waals surface area contributed by atoms with Crippen LogP contribution in [0.4, 0.5) is 24.7 Å². The summed E-state index contributed by atoms with van der Waals surface area (Å²) in [6.07, 6.45) is 0. The number of carboxylic acids is 1. The third-order valence-electron chi connectivity index (χ3n) is 3.45. The number of carbonyl (C=O) groups is 1. The van der Waals surface area contributed by atoms with E-state index in [1.165, 1.54) is 30.3 Å². The molecule has 3 aromatic rings. The van der Waals surface area contributed by atoms with Crippen molar-refractivity contribution in [3.8, 4) is 11.3 Å². The first-order valence-corrected chi connectivity index (χ1v) is 7.17. The van der Waals surface area contributed by atoms with Gasteiger partial charge in [0.25, 0.3) is 0 Å². The second-order valence-corrected chi connectivity index (χ2v) is 5.13. The van der Waals surface area contributed by atoms with Gasteiger partial charge >= 0.3 is 5.97 Å². The van der Waals surface area contributed by atoms with Gasteiger partial charge in [-0.25, -0.2) is 22.9 Å². The summed E-state index contributed by atoms with van der Waals surface area (Å²) in [5.41, 5.74) is -0.490. The van der Waals surface area contributed by atoms with Crippen molar-refractivity contribution in [3.05, 3.63) is 77.6 Å². The molecule has 2 aromatic carbocycles. The third-order valence-corrected chi connectivity index (χ3v) is 3.45. The quantitative estimate of drug-likeness (QED) is 0.726. The Hall–Kier alpha value is -3.35. The number of hydrogen-bond acceptors (Lipinski definition) is 3. The van der Waals surface area contributed by atoms with Gasteiger partial charge in [-0.2, -0.15) is 0 Å². The lowest BCUT2D eigenvalue weighted by Crippen LogP contribution is -2.05. The monoisotopic (exact) mass is 344 g/mol. The summed E-state index contributed by atoms with van der Waals surface area (Å²) in [6, 6.07) is 11.1. The van der Waals surface area contributed by atoms with Gasteiger partial charge in [-0.1, -0.05) is 12.1 Å². The van der Waals surface area contributed by atoms with Gasteiger partial charge in [0.05, 0.1) is 16.9 Å². The van der Waals surface area contributed by atoms with Crippen LogP contribution in [0.2, 0.25) is 0 Å². The Kier molecular flexibility index (Phi) is 4.38. The molecule has 1 aromatic heterocycles. The lowest BCUT2D eigenvalue weighted by atomic mass is 10.0. The highest BCUT2D eigenvalue weighted by molar-refractivity contribution is 5.95. The molecule has 0 radical (unpaired) electrons. The summed E-state index contributed by atoms with van der Waals surface area (Å²) in [5.74, 6) is -3.46. The van der Waals surface area contributed by atoms with Crippen LogP contribution in [-0.2, 0) is 0 Å². The van der Waals surface area contributed by atoms with E-state index in [9.17, 15) is 23.1 Å². The fraction of sp³-hybridized carbons (Fsp3) is 0. The Bertz CT molecular complexity index is 961. The molecular formula is C18H11F3N2O2. The molecule has 4 nitrogen and oxygen atoms in total. The van der Waals surface area contributed by atoms with E-state index in [4.69, 9.17) is 0 Å². The first kappa shape index (κ1) is 16.5. The van der Waals surface area contributed by atoms with Crippen LogP contribution >= 0.6 is 0 Å². The number of rotatable bonds is 4. The number of nitrogens with zero attached hydrogens (tertiary/aromatic N) is 1. The minimum absolute atomic E-state index is 0.119. The fourth-order valence-corrected chi connectivity index (χ4v) is 2.29. The highest BCUT2D eigenvalue weighted by Crippen LogP contribution is 2.28. The maximum absolute atomic E-state index is 14.0. The van der Waals surface area contributed by atoms with Crippen LogP contribution in [0.5, 0.6) is 0 Å². The second-order valence-electron chi connectivity index (χ2n) is 5.13. The predicted octanol–water partition coefficient (Wildman–Crippen LogP) is 4.61. The van der Waals surface area contributed by atoms with Crippen molar-refractivity contribution in [2.75, 3.05) is 5.32 Å². The molecular weight excluding hydrogens is 333 g/mol. The number of pyridine rings is 1. The first-order chi connectivity index (χ1) is 12.0. The van der Waals surface area contributed by atoms with E-state index in [0.29, 0.717) is 6.07 Å². The van der Waals surface area contributed by atoms with Crippen LogP contribution in [0.1, 0.15) is 10.4 Å². The smallest absolute Gasteiger partial charge is 0.337 e. The number of para-hydroxylation sites is 1. The molecule has 0 spiro atoms. The first-order valence-electron chi connectivity index (χ1n) is 7.17. The Morgan fingerprint density at radius 2 is 1.72 bits per heavy atom. The van der Waals surface area contributed by atoms with Crippen LogP contribution in [0.25, 0.3) is 11.3 Å². The fourth-order valence-electron chi connectivity index (χ4n) is 2.29. The van der Waals surface area contributed by atoms with Crippen molar-refractivity contribution in [3.63, 3.8) is 0 Å². The van der Waals surface area contributed by atoms with Crippen LogP contribution in [0.3, 0.4) is 0 Å². The highest BCUT2D eigenvalue weighted by Gasteiger charge is 2.18. The Labute approximate surface area is 140 Å². The number of halogens is 3. The predicted molar refractivity (Wildman–Crippen MR) is 86.2 cm³/mol. The molecule has 126 valence electrons. The lowest BCUT2D eigenvalue weighted by molar-refractivity contribution is 0.0697. The maximum atomic E-state index is 14.0. The minimum Gasteiger partial charge on any atom is -0.478 e. The molecule has 7 heteroatoms. The van der Waals surface area contributed by atoms with E-state index in [1.54, 1.807) is 6.07 Å². The number of hydrogen-bond donors (Lipinski definition) is 2. The molecule has 0 saturated heterocycles.